The van der Waals surface area contributed by atoms with Crippen molar-refractivity contribution in [3.8, 4) is 0 Å². The highest BCUT2D eigenvalue weighted by molar-refractivity contribution is 7.88. The second-order valence-corrected chi connectivity index (χ2v) is 7.79. The molecule has 21 heavy (non-hydrogen) atoms. The summed E-state index contributed by atoms with van der Waals surface area (Å²) in [7, 11) is -3.51. The van der Waals surface area contributed by atoms with Gasteiger partial charge in [0.05, 0.1) is 12.2 Å². The predicted octanol–water partition coefficient (Wildman–Crippen LogP) is 0.423. The second kappa shape index (κ2) is 8.33. The lowest BCUT2D eigenvalue weighted by molar-refractivity contribution is -0.143. The lowest BCUT2D eigenvalue weighted by Gasteiger charge is -2.21. The molecule has 0 aromatic carbocycles. The summed E-state index contributed by atoms with van der Waals surface area (Å²) in [6, 6.07) is -0.887. The van der Waals surface area contributed by atoms with Crippen molar-refractivity contribution >= 4 is 21.9 Å². The molecule has 0 aromatic rings. The molecule has 0 aliphatic rings. The fraction of sp³-hybridized carbons (Fsp3) is 0.846. The molecule has 0 radical (unpaired) electrons. The van der Waals surface area contributed by atoms with Gasteiger partial charge in [-0.3, -0.25) is 9.59 Å². The van der Waals surface area contributed by atoms with E-state index in [1.54, 1.807) is 13.8 Å². The van der Waals surface area contributed by atoms with Crippen LogP contribution in [-0.4, -0.2) is 44.2 Å². The van der Waals surface area contributed by atoms with E-state index in [9.17, 15) is 18.0 Å². The molecule has 0 bridgehead atoms. The van der Waals surface area contributed by atoms with Crippen LogP contribution in [0.4, 0.5) is 0 Å². The number of nitrogens with one attached hydrogen (secondary N) is 2. The van der Waals surface area contributed by atoms with Crippen molar-refractivity contribution in [3.05, 3.63) is 0 Å². The van der Waals surface area contributed by atoms with Crippen molar-refractivity contribution in [2.24, 2.45) is 17.8 Å². The summed E-state index contributed by atoms with van der Waals surface area (Å²) in [5, 5.41) is 11.6. The van der Waals surface area contributed by atoms with E-state index in [0.29, 0.717) is 6.42 Å². The normalized spacial score (nSPS) is 15.0. The van der Waals surface area contributed by atoms with E-state index in [-0.39, 0.29) is 18.4 Å². The third-order valence-corrected chi connectivity index (χ3v) is 3.71. The third kappa shape index (κ3) is 8.67. The molecule has 3 N–H and O–H groups in total. The zero-order valence-corrected chi connectivity index (χ0v) is 14.0. The van der Waals surface area contributed by atoms with Crippen molar-refractivity contribution < 1.29 is 23.1 Å². The van der Waals surface area contributed by atoms with Gasteiger partial charge in [-0.25, -0.2) is 13.1 Å². The van der Waals surface area contributed by atoms with E-state index in [1.165, 1.54) is 0 Å². The maximum Gasteiger partial charge on any atom is 0.308 e. The standard InChI is InChI=1S/C13H26N2O5S/c1-8(2)6-11(15-21(5,19)20)12(16)14-7-10(9(3)4)13(17)18/h8-11,15H,6-7H2,1-5H3,(H,14,16)(H,17,18). The Labute approximate surface area is 126 Å². The monoisotopic (exact) mass is 322 g/mol. The molecule has 0 fully saturated rings. The number of amides is 1. The molecule has 7 nitrogen and oxygen atoms in total. The smallest absolute Gasteiger partial charge is 0.308 e. The Hall–Kier alpha value is -1.15. The van der Waals surface area contributed by atoms with E-state index in [0.717, 1.165) is 6.26 Å². The Morgan fingerprint density at radius 3 is 2.00 bits per heavy atom. The van der Waals surface area contributed by atoms with Gasteiger partial charge in [0.15, 0.2) is 0 Å². The second-order valence-electron chi connectivity index (χ2n) is 6.01. The number of hydrogen-bond donors (Lipinski definition) is 3. The number of hydrogen-bond acceptors (Lipinski definition) is 4. The van der Waals surface area contributed by atoms with Gasteiger partial charge in [0.2, 0.25) is 15.9 Å². The quantitative estimate of drug-likeness (QED) is 0.569. The van der Waals surface area contributed by atoms with Crippen molar-refractivity contribution in [1.82, 2.24) is 10.0 Å². The van der Waals surface area contributed by atoms with Gasteiger partial charge in [-0.1, -0.05) is 27.7 Å². The van der Waals surface area contributed by atoms with Crippen LogP contribution >= 0.6 is 0 Å². The molecule has 0 spiro atoms. The highest BCUT2D eigenvalue weighted by Crippen LogP contribution is 2.11. The number of aliphatic carboxylic acids is 1. The maximum atomic E-state index is 12.1. The first-order valence-corrected chi connectivity index (χ1v) is 8.81. The number of carboxylic acids is 1. The van der Waals surface area contributed by atoms with E-state index in [4.69, 9.17) is 5.11 Å². The average Bonchev–Trinajstić information content (AvgIpc) is 2.24. The van der Waals surface area contributed by atoms with E-state index < -0.39 is 33.9 Å². The van der Waals surface area contributed by atoms with E-state index >= 15 is 0 Å². The van der Waals surface area contributed by atoms with E-state index in [2.05, 4.69) is 10.0 Å². The van der Waals surface area contributed by atoms with Crippen LogP contribution in [0.15, 0.2) is 0 Å². The van der Waals surface area contributed by atoms with Crippen molar-refractivity contribution in [2.45, 2.75) is 40.2 Å². The highest BCUT2D eigenvalue weighted by Gasteiger charge is 2.26. The van der Waals surface area contributed by atoms with Crippen molar-refractivity contribution in [2.75, 3.05) is 12.8 Å². The highest BCUT2D eigenvalue weighted by atomic mass is 32.2. The molecule has 0 rings (SSSR count). The Morgan fingerprint density at radius 2 is 1.67 bits per heavy atom. The summed E-state index contributed by atoms with van der Waals surface area (Å²) in [5.74, 6) is -2.20. The Kier molecular flexibility index (Phi) is 7.87. The van der Waals surface area contributed by atoms with Gasteiger partial charge < -0.3 is 10.4 Å². The minimum Gasteiger partial charge on any atom is -0.481 e. The summed E-state index contributed by atoms with van der Waals surface area (Å²) in [6.07, 6.45) is 1.33. The molecule has 1 amide bonds. The maximum absolute atomic E-state index is 12.1. The topological polar surface area (TPSA) is 113 Å². The molecule has 124 valence electrons. The zero-order valence-electron chi connectivity index (χ0n) is 13.2. The third-order valence-electron chi connectivity index (χ3n) is 3.00. The Balaban J connectivity index is 4.78. The summed E-state index contributed by atoms with van der Waals surface area (Å²) in [4.78, 5) is 23.1. The lowest BCUT2D eigenvalue weighted by atomic mass is 9.95. The molecular weight excluding hydrogens is 296 g/mol. The molecule has 8 heteroatoms. The van der Waals surface area contributed by atoms with Crippen LogP contribution in [0.1, 0.15) is 34.1 Å². The van der Waals surface area contributed by atoms with Gasteiger partial charge >= 0.3 is 5.97 Å². The molecule has 0 heterocycles. The average molecular weight is 322 g/mol. The van der Waals surface area contributed by atoms with Gasteiger partial charge in [0, 0.05) is 6.54 Å². The van der Waals surface area contributed by atoms with Gasteiger partial charge in [0.1, 0.15) is 6.04 Å². The fourth-order valence-corrected chi connectivity index (χ4v) is 2.60. The Bertz CT molecular complexity index is 459. The van der Waals surface area contributed by atoms with Crippen LogP contribution < -0.4 is 10.0 Å². The molecule has 0 saturated carbocycles. The SMILES string of the molecule is CC(C)CC(NS(C)(=O)=O)C(=O)NCC(C(=O)O)C(C)C. The van der Waals surface area contributed by atoms with Crippen LogP contribution in [0.2, 0.25) is 0 Å². The lowest BCUT2D eigenvalue weighted by Crippen LogP contribution is -2.48. The first-order valence-electron chi connectivity index (χ1n) is 6.91. The van der Waals surface area contributed by atoms with Gasteiger partial charge in [-0.05, 0) is 18.3 Å². The van der Waals surface area contributed by atoms with Crippen LogP contribution in [-0.2, 0) is 19.6 Å². The first kappa shape index (κ1) is 19.9. The number of carbonyl (C=O) groups excluding carboxylic acids is 1. The fourth-order valence-electron chi connectivity index (χ4n) is 1.88. The van der Waals surface area contributed by atoms with Crippen LogP contribution in [0.25, 0.3) is 0 Å². The van der Waals surface area contributed by atoms with Gasteiger partial charge in [-0.15, -0.1) is 0 Å². The molecule has 0 saturated heterocycles. The largest absolute Gasteiger partial charge is 0.481 e. The Morgan fingerprint density at radius 1 is 1.14 bits per heavy atom. The molecule has 2 atom stereocenters. The molecular formula is C13H26N2O5S. The number of carbonyl (C=O) groups is 2. The van der Waals surface area contributed by atoms with Crippen LogP contribution in [0.3, 0.4) is 0 Å². The number of rotatable bonds is 9. The first-order chi connectivity index (χ1) is 9.44. The molecule has 2 unspecified atom stereocenters. The van der Waals surface area contributed by atoms with Crippen molar-refractivity contribution in [1.29, 1.82) is 0 Å². The number of carboxylic acid groups (broad SMARTS) is 1. The minimum atomic E-state index is -3.51. The summed E-state index contributed by atoms with van der Waals surface area (Å²) in [6.45, 7) is 7.24. The van der Waals surface area contributed by atoms with Gasteiger partial charge in [-0.2, -0.15) is 0 Å². The summed E-state index contributed by atoms with van der Waals surface area (Å²) in [5.41, 5.74) is 0. The van der Waals surface area contributed by atoms with Crippen molar-refractivity contribution in [3.63, 3.8) is 0 Å². The van der Waals surface area contributed by atoms with Crippen LogP contribution in [0.5, 0.6) is 0 Å². The number of sulfonamides is 1. The molecule has 0 aliphatic heterocycles. The molecule has 0 aliphatic carbocycles. The minimum absolute atomic E-state index is 0.0220. The summed E-state index contributed by atoms with van der Waals surface area (Å²) < 4.78 is 24.9. The predicted molar refractivity (Wildman–Crippen MR) is 80.2 cm³/mol. The van der Waals surface area contributed by atoms with E-state index in [1.807, 2.05) is 13.8 Å². The summed E-state index contributed by atoms with van der Waals surface area (Å²) >= 11 is 0. The molecule has 0 aromatic heterocycles. The zero-order chi connectivity index (χ0) is 16.8. The van der Waals surface area contributed by atoms with Gasteiger partial charge in [0.25, 0.3) is 0 Å². The van der Waals surface area contributed by atoms with Crippen LogP contribution in [0, 0.1) is 17.8 Å².